The van der Waals surface area contributed by atoms with E-state index in [9.17, 15) is 4.79 Å². The maximum atomic E-state index is 11.5. The Kier molecular flexibility index (Phi) is 3.34. The number of hydrogen-bond acceptors (Lipinski definition) is 3. The summed E-state index contributed by atoms with van der Waals surface area (Å²) in [7, 11) is 0. The highest BCUT2D eigenvalue weighted by molar-refractivity contribution is 5.93. The highest BCUT2D eigenvalue weighted by Gasteiger charge is 2.15. The first kappa shape index (κ1) is 10.2. The monoisotopic (exact) mass is 209 g/mol. The third-order valence-electron chi connectivity index (χ3n) is 2.62. The van der Waals surface area contributed by atoms with Crippen molar-refractivity contribution in [3.8, 4) is 0 Å². The first-order valence-electron chi connectivity index (χ1n) is 5.21. The van der Waals surface area contributed by atoms with E-state index in [1.54, 1.807) is 6.20 Å². The molecule has 1 unspecified atom stereocenters. The van der Waals surface area contributed by atoms with Crippen LogP contribution in [0.4, 0.5) is 0 Å². The standard InChI is InChI=1S/C10H15N3O2/c14-10(9-5-12-13-6-9)11-3-1-8-2-4-15-7-8/h5-6,8H,1-4,7H2,(H,11,14)(H,12,13). The molecule has 2 rings (SSSR count). The van der Waals surface area contributed by atoms with Crippen LogP contribution in [0.3, 0.4) is 0 Å². The summed E-state index contributed by atoms with van der Waals surface area (Å²) in [5.74, 6) is 0.539. The molecule has 1 aliphatic heterocycles. The number of carbonyl (C=O) groups is 1. The summed E-state index contributed by atoms with van der Waals surface area (Å²) in [6.45, 7) is 2.40. The normalized spacial score (nSPS) is 20.4. The van der Waals surface area contributed by atoms with Crippen LogP contribution in [0.25, 0.3) is 0 Å². The molecule has 5 heteroatoms. The first-order chi connectivity index (χ1) is 7.36. The molecule has 82 valence electrons. The van der Waals surface area contributed by atoms with E-state index in [0.29, 0.717) is 18.0 Å². The number of nitrogens with one attached hydrogen (secondary N) is 2. The van der Waals surface area contributed by atoms with E-state index in [2.05, 4.69) is 15.5 Å². The maximum Gasteiger partial charge on any atom is 0.254 e. The minimum atomic E-state index is -0.0670. The minimum absolute atomic E-state index is 0.0670. The van der Waals surface area contributed by atoms with Gasteiger partial charge in [0.1, 0.15) is 0 Å². The number of aromatic nitrogens is 2. The Bertz CT molecular complexity index is 304. The Morgan fingerprint density at radius 1 is 1.73 bits per heavy atom. The van der Waals surface area contributed by atoms with Crippen LogP contribution in [0.15, 0.2) is 12.4 Å². The van der Waals surface area contributed by atoms with Crippen molar-refractivity contribution in [2.24, 2.45) is 5.92 Å². The summed E-state index contributed by atoms with van der Waals surface area (Å²) >= 11 is 0. The van der Waals surface area contributed by atoms with Gasteiger partial charge < -0.3 is 10.1 Å². The van der Waals surface area contributed by atoms with Gasteiger partial charge in [0.05, 0.1) is 11.8 Å². The SMILES string of the molecule is O=C(NCCC1CCOC1)c1cn[nH]c1. The lowest BCUT2D eigenvalue weighted by molar-refractivity contribution is 0.0950. The van der Waals surface area contributed by atoms with E-state index in [1.807, 2.05) is 0 Å². The molecule has 5 nitrogen and oxygen atoms in total. The van der Waals surface area contributed by atoms with Crippen molar-refractivity contribution in [3.63, 3.8) is 0 Å². The molecule has 0 aromatic carbocycles. The molecule has 1 atom stereocenters. The van der Waals surface area contributed by atoms with Gasteiger partial charge >= 0.3 is 0 Å². The van der Waals surface area contributed by atoms with Crippen molar-refractivity contribution < 1.29 is 9.53 Å². The second-order valence-corrected chi connectivity index (χ2v) is 3.76. The number of carbonyl (C=O) groups excluding carboxylic acids is 1. The summed E-state index contributed by atoms with van der Waals surface area (Å²) in [6.07, 6.45) is 5.22. The minimum Gasteiger partial charge on any atom is -0.381 e. The Labute approximate surface area is 88.2 Å². The van der Waals surface area contributed by atoms with Gasteiger partial charge in [-0.3, -0.25) is 9.89 Å². The lowest BCUT2D eigenvalue weighted by atomic mass is 10.1. The van der Waals surface area contributed by atoms with Gasteiger partial charge in [-0.15, -0.1) is 0 Å². The zero-order valence-corrected chi connectivity index (χ0v) is 8.53. The van der Waals surface area contributed by atoms with Crippen molar-refractivity contribution in [2.75, 3.05) is 19.8 Å². The van der Waals surface area contributed by atoms with Gasteiger partial charge in [-0.2, -0.15) is 5.10 Å². The van der Waals surface area contributed by atoms with Crippen LogP contribution >= 0.6 is 0 Å². The predicted molar refractivity (Wildman–Crippen MR) is 54.5 cm³/mol. The van der Waals surface area contributed by atoms with E-state index in [1.165, 1.54) is 6.20 Å². The Morgan fingerprint density at radius 3 is 3.33 bits per heavy atom. The van der Waals surface area contributed by atoms with Crippen LogP contribution in [0.5, 0.6) is 0 Å². The highest BCUT2D eigenvalue weighted by atomic mass is 16.5. The molecule has 0 aliphatic carbocycles. The fourth-order valence-electron chi connectivity index (χ4n) is 1.68. The number of amides is 1. The summed E-state index contributed by atoms with van der Waals surface area (Å²) in [5, 5.41) is 9.19. The van der Waals surface area contributed by atoms with Gasteiger partial charge in [0.15, 0.2) is 0 Å². The Morgan fingerprint density at radius 2 is 2.67 bits per heavy atom. The van der Waals surface area contributed by atoms with Gasteiger partial charge in [-0.05, 0) is 18.8 Å². The van der Waals surface area contributed by atoms with Crippen molar-refractivity contribution in [2.45, 2.75) is 12.8 Å². The molecule has 0 saturated carbocycles. The molecule has 0 spiro atoms. The topological polar surface area (TPSA) is 67.0 Å². The first-order valence-corrected chi connectivity index (χ1v) is 5.21. The largest absolute Gasteiger partial charge is 0.381 e. The molecule has 15 heavy (non-hydrogen) atoms. The third kappa shape index (κ3) is 2.79. The Hall–Kier alpha value is -1.36. The number of aromatic amines is 1. The highest BCUT2D eigenvalue weighted by Crippen LogP contribution is 2.15. The van der Waals surface area contributed by atoms with Gasteiger partial charge in [-0.25, -0.2) is 0 Å². The van der Waals surface area contributed by atoms with E-state index in [0.717, 1.165) is 26.1 Å². The van der Waals surface area contributed by atoms with Gasteiger partial charge in [0.2, 0.25) is 0 Å². The number of nitrogens with zero attached hydrogens (tertiary/aromatic N) is 1. The quantitative estimate of drug-likeness (QED) is 0.761. The van der Waals surface area contributed by atoms with Crippen molar-refractivity contribution in [3.05, 3.63) is 18.0 Å². The molecule has 0 radical (unpaired) electrons. The molecular formula is C10H15N3O2. The van der Waals surface area contributed by atoms with Crippen molar-refractivity contribution in [1.82, 2.24) is 15.5 Å². The average molecular weight is 209 g/mol. The van der Waals surface area contributed by atoms with Crippen LogP contribution in [0, 0.1) is 5.92 Å². The van der Waals surface area contributed by atoms with E-state index in [4.69, 9.17) is 4.74 Å². The zero-order valence-electron chi connectivity index (χ0n) is 8.53. The number of hydrogen-bond donors (Lipinski definition) is 2. The van der Waals surface area contributed by atoms with Crippen molar-refractivity contribution >= 4 is 5.91 Å². The van der Waals surface area contributed by atoms with Crippen molar-refractivity contribution in [1.29, 1.82) is 0 Å². The summed E-state index contributed by atoms with van der Waals surface area (Å²) in [6, 6.07) is 0. The second-order valence-electron chi connectivity index (χ2n) is 3.76. The number of ether oxygens (including phenoxy) is 1. The van der Waals surface area contributed by atoms with Crippen LogP contribution < -0.4 is 5.32 Å². The molecule has 2 N–H and O–H groups in total. The molecule has 2 heterocycles. The average Bonchev–Trinajstić information content (AvgIpc) is 2.90. The zero-order chi connectivity index (χ0) is 10.5. The summed E-state index contributed by atoms with van der Waals surface area (Å²) < 4.78 is 5.26. The fourth-order valence-corrected chi connectivity index (χ4v) is 1.68. The smallest absolute Gasteiger partial charge is 0.254 e. The molecule has 1 saturated heterocycles. The maximum absolute atomic E-state index is 11.5. The lowest BCUT2D eigenvalue weighted by Crippen LogP contribution is -2.25. The molecule has 1 aromatic rings. The molecular weight excluding hydrogens is 194 g/mol. The van der Waals surface area contributed by atoms with Crippen LogP contribution in [-0.2, 0) is 4.74 Å². The van der Waals surface area contributed by atoms with Crippen LogP contribution in [0.2, 0.25) is 0 Å². The summed E-state index contributed by atoms with van der Waals surface area (Å²) in [5.41, 5.74) is 0.581. The molecule has 1 fully saturated rings. The third-order valence-corrected chi connectivity index (χ3v) is 2.62. The van der Waals surface area contributed by atoms with Gasteiger partial charge in [0.25, 0.3) is 5.91 Å². The number of H-pyrrole nitrogens is 1. The van der Waals surface area contributed by atoms with Crippen LogP contribution in [0.1, 0.15) is 23.2 Å². The van der Waals surface area contributed by atoms with E-state index >= 15 is 0 Å². The van der Waals surface area contributed by atoms with Crippen LogP contribution in [-0.4, -0.2) is 35.9 Å². The fraction of sp³-hybridized carbons (Fsp3) is 0.600. The number of rotatable bonds is 4. The second kappa shape index (κ2) is 4.93. The Balaban J connectivity index is 1.67. The molecule has 1 amide bonds. The lowest BCUT2D eigenvalue weighted by Gasteiger charge is -2.07. The summed E-state index contributed by atoms with van der Waals surface area (Å²) in [4.78, 5) is 11.5. The molecule has 1 aliphatic rings. The predicted octanol–water partition coefficient (Wildman–Crippen LogP) is 0.566. The van der Waals surface area contributed by atoms with E-state index in [-0.39, 0.29) is 5.91 Å². The van der Waals surface area contributed by atoms with Gasteiger partial charge in [-0.1, -0.05) is 0 Å². The van der Waals surface area contributed by atoms with E-state index < -0.39 is 0 Å². The van der Waals surface area contributed by atoms with Gasteiger partial charge in [0, 0.05) is 26.0 Å². The molecule has 0 bridgehead atoms. The molecule has 1 aromatic heterocycles.